The second kappa shape index (κ2) is 9.39. The average molecular weight is 467 g/mol. The number of ether oxygens (including phenoxy) is 1. The van der Waals surface area contributed by atoms with Crippen LogP contribution in [-0.2, 0) is 17.6 Å². The Morgan fingerprint density at radius 3 is 2.29 bits per heavy atom. The lowest BCUT2D eigenvalue weighted by atomic mass is 10.00. The Kier molecular flexibility index (Phi) is 7.53. The number of aliphatic hydroxyl groups is 1. The van der Waals surface area contributed by atoms with Crippen molar-refractivity contribution in [1.29, 1.82) is 0 Å². The van der Waals surface area contributed by atoms with Gasteiger partial charge in [0.25, 0.3) is 0 Å². The average Bonchev–Trinajstić information content (AvgIpc) is 2.64. The van der Waals surface area contributed by atoms with Crippen molar-refractivity contribution >= 4 is 16.7 Å². The van der Waals surface area contributed by atoms with Gasteiger partial charge in [0, 0.05) is 22.8 Å². The molecule has 0 aromatic heterocycles. The number of halogens is 6. The summed E-state index contributed by atoms with van der Waals surface area (Å²) < 4.78 is 99.1. The van der Waals surface area contributed by atoms with E-state index in [2.05, 4.69) is 9.13 Å². The van der Waals surface area contributed by atoms with Crippen LogP contribution in [0.1, 0.15) is 37.5 Å². The third-order valence-electron chi connectivity index (χ3n) is 3.84. The molecule has 11 heteroatoms. The summed E-state index contributed by atoms with van der Waals surface area (Å²) in [4.78, 5) is 0. The molecule has 0 fully saturated rings. The molecular weight excluding hydrogens is 448 g/mol. The summed E-state index contributed by atoms with van der Waals surface area (Å²) in [6, 6.07) is 5.48. The minimum atomic E-state index is -4.88. The van der Waals surface area contributed by atoms with Crippen molar-refractivity contribution in [2.75, 3.05) is 0 Å². The monoisotopic (exact) mass is 467 g/mol. The first-order chi connectivity index (χ1) is 14.2. The van der Waals surface area contributed by atoms with Gasteiger partial charge < -0.3 is 9.84 Å². The van der Waals surface area contributed by atoms with Crippen LogP contribution >= 0.6 is 0 Å². The highest BCUT2D eigenvalue weighted by Crippen LogP contribution is 2.30. The highest BCUT2D eigenvalue weighted by atomic mass is 32.2. The number of rotatable bonds is 7. The Labute approximate surface area is 177 Å². The third-order valence-corrected chi connectivity index (χ3v) is 5.24. The van der Waals surface area contributed by atoms with E-state index in [1.807, 2.05) is 0 Å². The topological polar surface area (TPSA) is 58.9 Å². The van der Waals surface area contributed by atoms with Crippen LogP contribution in [0.2, 0.25) is 0 Å². The molecule has 0 spiro atoms. The summed E-state index contributed by atoms with van der Waals surface area (Å²) in [6.45, 7) is 4.10. The van der Waals surface area contributed by atoms with Gasteiger partial charge in [-0.3, -0.25) is 0 Å². The van der Waals surface area contributed by atoms with Gasteiger partial charge in [-0.05, 0) is 51.1 Å². The van der Waals surface area contributed by atoms with Crippen molar-refractivity contribution in [3.8, 4) is 5.75 Å². The second-order valence-corrected chi connectivity index (χ2v) is 9.31. The number of hydrogen-bond donors (Lipinski definition) is 1. The molecule has 0 aliphatic rings. The molecule has 0 amide bonds. The van der Waals surface area contributed by atoms with Gasteiger partial charge in [-0.2, -0.15) is 22.0 Å². The molecular formula is C20H19F6NO3S. The maximum absolute atomic E-state index is 14.1. The number of alkyl halides is 4. The minimum absolute atomic E-state index is 0.0835. The summed E-state index contributed by atoms with van der Waals surface area (Å²) in [6.07, 6.45) is -9.04. The van der Waals surface area contributed by atoms with E-state index in [9.17, 15) is 35.7 Å². The van der Waals surface area contributed by atoms with E-state index in [0.717, 1.165) is 24.3 Å². The van der Waals surface area contributed by atoms with Crippen LogP contribution in [0.5, 0.6) is 5.75 Å². The zero-order valence-corrected chi connectivity index (χ0v) is 17.5. The fourth-order valence-electron chi connectivity index (χ4n) is 2.30. The number of nitrogens with zero attached hydrogens (tertiary/aromatic N) is 1. The van der Waals surface area contributed by atoms with E-state index in [1.54, 1.807) is 20.8 Å². The smallest absolute Gasteiger partial charge is 0.428 e. The van der Waals surface area contributed by atoms with Crippen LogP contribution in [0, 0.1) is 11.6 Å². The molecule has 0 unspecified atom stereocenters. The molecule has 0 saturated heterocycles. The molecule has 0 aliphatic heterocycles. The Morgan fingerprint density at radius 1 is 1.10 bits per heavy atom. The zero-order valence-electron chi connectivity index (χ0n) is 16.6. The molecule has 31 heavy (non-hydrogen) atoms. The van der Waals surface area contributed by atoms with Crippen LogP contribution in [0.15, 0.2) is 40.8 Å². The Bertz CT molecular complexity index is 1000. The molecule has 0 heterocycles. The largest absolute Gasteiger partial charge is 0.461 e. The first-order valence-corrected chi connectivity index (χ1v) is 9.91. The fourth-order valence-corrected chi connectivity index (χ4v) is 2.95. The third kappa shape index (κ3) is 6.30. The molecule has 2 aromatic carbocycles. The van der Waals surface area contributed by atoms with E-state index in [-0.39, 0.29) is 22.4 Å². The van der Waals surface area contributed by atoms with Gasteiger partial charge in [0.1, 0.15) is 28.4 Å². The molecule has 0 saturated carbocycles. The number of aliphatic hydroxyl groups excluding tert-OH is 1. The molecule has 0 bridgehead atoms. The Balaban J connectivity index is 2.67. The first-order valence-electron chi connectivity index (χ1n) is 8.81. The number of benzene rings is 2. The molecule has 0 aliphatic carbocycles. The van der Waals surface area contributed by atoms with Crippen molar-refractivity contribution < 1.29 is 40.4 Å². The molecule has 170 valence electrons. The SMILES string of the molecule is CC(C)(C)[S@@](=O)N=C(c1cc(F)cc(OC(F)(F)C(F)F)c1)c1ccc(F)c(CO)c1. The quantitative estimate of drug-likeness (QED) is 0.461. The summed E-state index contributed by atoms with van der Waals surface area (Å²) in [5.74, 6) is -2.78. The van der Waals surface area contributed by atoms with E-state index in [1.165, 1.54) is 6.07 Å². The molecule has 1 atom stereocenters. The Hall–Kier alpha value is -2.40. The summed E-state index contributed by atoms with van der Waals surface area (Å²) in [7, 11) is -1.92. The van der Waals surface area contributed by atoms with Crippen LogP contribution in [0.25, 0.3) is 0 Å². The lowest BCUT2D eigenvalue weighted by molar-refractivity contribution is -0.253. The molecule has 1 N–H and O–H groups in total. The summed E-state index contributed by atoms with van der Waals surface area (Å²) >= 11 is 0. The van der Waals surface area contributed by atoms with Crippen molar-refractivity contribution in [3.63, 3.8) is 0 Å². The van der Waals surface area contributed by atoms with Gasteiger partial charge in [0.15, 0.2) is 0 Å². The van der Waals surface area contributed by atoms with Gasteiger partial charge in [-0.25, -0.2) is 13.0 Å². The molecule has 2 rings (SSSR count). The summed E-state index contributed by atoms with van der Waals surface area (Å²) in [5.41, 5.74) is -0.495. The van der Waals surface area contributed by atoms with Gasteiger partial charge in [-0.15, -0.1) is 0 Å². The minimum Gasteiger partial charge on any atom is -0.428 e. The highest BCUT2D eigenvalue weighted by Gasteiger charge is 2.44. The van der Waals surface area contributed by atoms with E-state index in [4.69, 9.17) is 0 Å². The van der Waals surface area contributed by atoms with E-state index < -0.39 is 52.3 Å². The standard InChI is InChI=1S/C20H19F6NO3S/c1-19(2,3)31(29)27-17(11-4-5-16(22)13(6-11)10-28)12-7-14(21)9-15(8-12)30-20(25,26)18(23)24/h4-9,18,28H,10H2,1-3H3/t31-/m1/s1. The summed E-state index contributed by atoms with van der Waals surface area (Å²) in [5, 5.41) is 9.30. The maximum atomic E-state index is 14.1. The fraction of sp³-hybridized carbons (Fsp3) is 0.350. The van der Waals surface area contributed by atoms with Crippen LogP contribution in [-0.4, -0.2) is 32.3 Å². The zero-order chi connectivity index (χ0) is 23.6. The van der Waals surface area contributed by atoms with Crippen molar-refractivity contribution in [3.05, 3.63) is 64.7 Å². The predicted molar refractivity (Wildman–Crippen MR) is 104 cm³/mol. The molecule has 4 nitrogen and oxygen atoms in total. The Morgan fingerprint density at radius 2 is 1.74 bits per heavy atom. The first kappa shape index (κ1) is 24.9. The van der Waals surface area contributed by atoms with Crippen LogP contribution < -0.4 is 4.74 Å². The van der Waals surface area contributed by atoms with Crippen molar-refractivity contribution in [1.82, 2.24) is 0 Å². The number of hydrogen-bond acceptors (Lipinski definition) is 3. The van der Waals surface area contributed by atoms with Gasteiger partial charge in [0.2, 0.25) is 0 Å². The van der Waals surface area contributed by atoms with Crippen molar-refractivity contribution in [2.24, 2.45) is 4.40 Å². The van der Waals surface area contributed by atoms with Crippen LogP contribution in [0.3, 0.4) is 0 Å². The lowest BCUT2D eigenvalue weighted by Gasteiger charge is -2.19. The predicted octanol–water partition coefficient (Wildman–Crippen LogP) is 4.99. The van der Waals surface area contributed by atoms with E-state index in [0.29, 0.717) is 6.07 Å². The van der Waals surface area contributed by atoms with Crippen LogP contribution in [0.4, 0.5) is 26.3 Å². The van der Waals surface area contributed by atoms with Gasteiger partial charge in [-0.1, -0.05) is 0 Å². The highest BCUT2D eigenvalue weighted by molar-refractivity contribution is 7.85. The normalized spacial score (nSPS) is 14.1. The van der Waals surface area contributed by atoms with Gasteiger partial charge >= 0.3 is 12.5 Å². The maximum Gasteiger partial charge on any atom is 0.461 e. The lowest BCUT2D eigenvalue weighted by Crippen LogP contribution is -2.33. The second-order valence-electron chi connectivity index (χ2n) is 7.41. The molecule has 0 radical (unpaired) electrons. The van der Waals surface area contributed by atoms with E-state index >= 15 is 0 Å². The molecule has 2 aromatic rings. The van der Waals surface area contributed by atoms with Crippen molar-refractivity contribution in [2.45, 2.75) is 44.7 Å². The van der Waals surface area contributed by atoms with Gasteiger partial charge in [0.05, 0.1) is 17.1 Å².